The number of amides is 1. The van der Waals surface area contributed by atoms with Gasteiger partial charge in [-0.1, -0.05) is 11.6 Å². The molecule has 7 heteroatoms. The van der Waals surface area contributed by atoms with Gasteiger partial charge in [0.05, 0.1) is 31.3 Å². The lowest BCUT2D eigenvalue weighted by Gasteiger charge is -2.33. The molecule has 0 radical (unpaired) electrons. The van der Waals surface area contributed by atoms with E-state index in [0.717, 1.165) is 76.8 Å². The molecule has 29 heavy (non-hydrogen) atoms. The van der Waals surface area contributed by atoms with Crippen LogP contribution in [0.4, 0.5) is 11.6 Å². The second kappa shape index (κ2) is 10.1. The van der Waals surface area contributed by atoms with Crippen LogP contribution in [0.15, 0.2) is 24.0 Å². The first kappa shape index (κ1) is 20.1. The molecule has 2 fully saturated rings. The highest BCUT2D eigenvalue weighted by Gasteiger charge is 2.25. The average molecular weight is 400 g/mol. The first-order chi connectivity index (χ1) is 14.3. The third kappa shape index (κ3) is 5.47. The second-order valence-electron chi connectivity index (χ2n) is 8.25. The van der Waals surface area contributed by atoms with Crippen molar-refractivity contribution in [3.8, 4) is 0 Å². The Hall–Kier alpha value is -2.15. The maximum atomic E-state index is 12.5. The summed E-state index contributed by atoms with van der Waals surface area (Å²) < 4.78 is 5.38. The predicted octanol–water partition coefficient (Wildman–Crippen LogP) is 2.54. The van der Waals surface area contributed by atoms with Gasteiger partial charge < -0.3 is 19.9 Å². The monoisotopic (exact) mass is 399 g/mol. The largest absolute Gasteiger partial charge is 0.378 e. The Morgan fingerprint density at radius 3 is 2.52 bits per heavy atom. The molecule has 1 amide bonds. The molecule has 158 valence electrons. The van der Waals surface area contributed by atoms with Crippen molar-refractivity contribution in [2.24, 2.45) is 5.92 Å². The number of allylic oxidation sites excluding steroid dienone is 1. The van der Waals surface area contributed by atoms with Crippen LogP contribution >= 0.6 is 0 Å². The van der Waals surface area contributed by atoms with E-state index in [2.05, 4.69) is 31.2 Å². The molecule has 3 heterocycles. The number of hydrogen-bond donors (Lipinski definition) is 1. The van der Waals surface area contributed by atoms with Crippen molar-refractivity contribution in [3.63, 3.8) is 0 Å². The van der Waals surface area contributed by atoms with Gasteiger partial charge in [-0.2, -0.15) is 0 Å². The highest BCUT2D eigenvalue weighted by molar-refractivity contribution is 5.79. The Balaban J connectivity index is 1.20. The summed E-state index contributed by atoms with van der Waals surface area (Å²) in [5.41, 5.74) is 2.57. The molecule has 0 atom stereocenters. The lowest BCUT2D eigenvalue weighted by atomic mass is 9.95. The number of ether oxygens (including phenoxy) is 1. The smallest absolute Gasteiger partial charge is 0.225 e. The Bertz CT molecular complexity index is 692. The second-order valence-corrected chi connectivity index (χ2v) is 8.25. The first-order valence-electron chi connectivity index (χ1n) is 11.1. The number of aromatic nitrogens is 2. The third-order valence-electron chi connectivity index (χ3n) is 6.28. The maximum absolute atomic E-state index is 12.5. The topological polar surface area (TPSA) is 70.6 Å². The number of carbonyl (C=O) groups excluding carboxylic acids is 1. The summed E-state index contributed by atoms with van der Waals surface area (Å²) in [4.78, 5) is 26.1. The number of hydrogen-bond acceptors (Lipinski definition) is 6. The van der Waals surface area contributed by atoms with Crippen LogP contribution in [0.2, 0.25) is 0 Å². The van der Waals surface area contributed by atoms with E-state index in [1.54, 1.807) is 0 Å². The van der Waals surface area contributed by atoms with Crippen LogP contribution in [-0.4, -0.2) is 61.8 Å². The summed E-state index contributed by atoms with van der Waals surface area (Å²) in [5.74, 6) is 1.12. The highest BCUT2D eigenvalue weighted by atomic mass is 16.5. The van der Waals surface area contributed by atoms with Gasteiger partial charge >= 0.3 is 0 Å². The van der Waals surface area contributed by atoms with Crippen molar-refractivity contribution in [3.05, 3.63) is 24.0 Å². The predicted molar refractivity (Wildman–Crippen MR) is 114 cm³/mol. The Kier molecular flexibility index (Phi) is 6.98. The summed E-state index contributed by atoms with van der Waals surface area (Å²) in [5, 5.41) is 3.16. The summed E-state index contributed by atoms with van der Waals surface area (Å²) in [7, 11) is 0. The molecular weight excluding hydrogens is 366 g/mol. The van der Waals surface area contributed by atoms with Crippen molar-refractivity contribution in [1.82, 2.24) is 15.3 Å². The Labute approximate surface area is 173 Å². The van der Waals surface area contributed by atoms with E-state index < -0.39 is 0 Å². The number of anilines is 2. The molecule has 1 N–H and O–H groups in total. The molecule has 0 saturated carbocycles. The van der Waals surface area contributed by atoms with E-state index in [1.165, 1.54) is 31.3 Å². The average Bonchev–Trinajstić information content (AvgIpc) is 2.80. The number of carbonyl (C=O) groups is 1. The lowest BCUT2D eigenvalue weighted by molar-refractivity contribution is -0.125. The van der Waals surface area contributed by atoms with Crippen molar-refractivity contribution >= 4 is 17.5 Å². The number of nitrogens with zero attached hydrogens (tertiary/aromatic N) is 4. The molecule has 1 aromatic heterocycles. The van der Waals surface area contributed by atoms with E-state index in [9.17, 15) is 4.79 Å². The summed E-state index contributed by atoms with van der Waals surface area (Å²) >= 11 is 0. The Morgan fingerprint density at radius 2 is 1.83 bits per heavy atom. The minimum atomic E-state index is 0.125. The number of nitrogens with one attached hydrogen (secondary N) is 1. The van der Waals surface area contributed by atoms with Crippen molar-refractivity contribution < 1.29 is 9.53 Å². The fourth-order valence-electron chi connectivity index (χ4n) is 4.43. The van der Waals surface area contributed by atoms with Gasteiger partial charge in [0, 0.05) is 38.6 Å². The van der Waals surface area contributed by atoms with Gasteiger partial charge in [0.15, 0.2) is 0 Å². The SMILES string of the molecule is O=C(NCCC1=CCCCC1)C1CCN(c2cnc(N3CCOCC3)nc2)CC1. The number of rotatable bonds is 6. The molecule has 2 saturated heterocycles. The first-order valence-corrected chi connectivity index (χ1v) is 11.1. The van der Waals surface area contributed by atoms with E-state index in [1.807, 2.05) is 12.4 Å². The van der Waals surface area contributed by atoms with E-state index in [4.69, 9.17) is 4.74 Å². The van der Waals surface area contributed by atoms with Crippen molar-refractivity contribution in [2.45, 2.75) is 44.9 Å². The van der Waals surface area contributed by atoms with Gasteiger partial charge in [0.25, 0.3) is 0 Å². The van der Waals surface area contributed by atoms with E-state index in [0.29, 0.717) is 0 Å². The van der Waals surface area contributed by atoms with Gasteiger partial charge in [-0.3, -0.25) is 4.79 Å². The fourth-order valence-corrected chi connectivity index (χ4v) is 4.43. The van der Waals surface area contributed by atoms with Crippen molar-refractivity contribution in [1.29, 1.82) is 0 Å². The minimum absolute atomic E-state index is 0.125. The molecule has 3 aliphatic rings. The summed E-state index contributed by atoms with van der Waals surface area (Å²) in [6.45, 7) is 5.69. The normalized spacial score (nSPS) is 21.0. The molecular formula is C22H33N5O2. The van der Waals surface area contributed by atoms with Crippen LogP contribution in [0.1, 0.15) is 44.9 Å². The quantitative estimate of drug-likeness (QED) is 0.742. The standard InChI is InChI=1S/C22H33N5O2/c28-21(23-9-6-18-4-2-1-3-5-18)19-7-10-26(11-8-19)20-16-24-22(25-17-20)27-12-14-29-15-13-27/h4,16-17,19H,1-3,5-15H2,(H,23,28). The van der Waals surface area contributed by atoms with Gasteiger partial charge in [-0.15, -0.1) is 0 Å². The van der Waals surface area contributed by atoms with Gasteiger partial charge in [-0.05, 0) is 44.9 Å². The molecule has 0 unspecified atom stereocenters. The Morgan fingerprint density at radius 1 is 1.07 bits per heavy atom. The molecule has 2 aliphatic heterocycles. The summed E-state index contributed by atoms with van der Waals surface area (Å²) in [6.07, 6.45) is 14.0. The molecule has 4 rings (SSSR count). The molecule has 7 nitrogen and oxygen atoms in total. The van der Waals surface area contributed by atoms with Crippen LogP contribution in [0.5, 0.6) is 0 Å². The van der Waals surface area contributed by atoms with Crippen LogP contribution in [0, 0.1) is 5.92 Å². The zero-order chi connectivity index (χ0) is 19.9. The summed E-state index contributed by atoms with van der Waals surface area (Å²) in [6, 6.07) is 0. The number of piperidine rings is 1. The third-order valence-corrected chi connectivity index (χ3v) is 6.28. The van der Waals surface area contributed by atoms with Gasteiger partial charge in [0.1, 0.15) is 0 Å². The molecule has 1 aromatic rings. The van der Waals surface area contributed by atoms with Gasteiger partial charge in [0.2, 0.25) is 11.9 Å². The zero-order valence-electron chi connectivity index (χ0n) is 17.3. The van der Waals surface area contributed by atoms with Crippen molar-refractivity contribution in [2.75, 3.05) is 55.7 Å². The maximum Gasteiger partial charge on any atom is 0.225 e. The zero-order valence-corrected chi connectivity index (χ0v) is 17.3. The van der Waals surface area contributed by atoms with Crippen LogP contribution in [0.25, 0.3) is 0 Å². The fraction of sp³-hybridized carbons (Fsp3) is 0.682. The van der Waals surface area contributed by atoms with E-state index >= 15 is 0 Å². The van der Waals surface area contributed by atoms with E-state index in [-0.39, 0.29) is 11.8 Å². The van der Waals surface area contributed by atoms with Crippen LogP contribution < -0.4 is 15.1 Å². The molecule has 0 bridgehead atoms. The van der Waals surface area contributed by atoms with Gasteiger partial charge in [-0.25, -0.2) is 9.97 Å². The lowest BCUT2D eigenvalue weighted by Crippen LogP contribution is -2.41. The van der Waals surface area contributed by atoms with Crippen LogP contribution in [0.3, 0.4) is 0 Å². The molecule has 0 spiro atoms. The molecule has 0 aromatic carbocycles. The van der Waals surface area contributed by atoms with Crippen LogP contribution in [-0.2, 0) is 9.53 Å². The minimum Gasteiger partial charge on any atom is -0.378 e. The number of morpholine rings is 1. The molecule has 1 aliphatic carbocycles. The highest BCUT2D eigenvalue weighted by Crippen LogP contribution is 2.24.